The third kappa shape index (κ3) is 3.15. The number of nitrogens with one attached hydrogen (secondary N) is 1. The van der Waals surface area contributed by atoms with Crippen molar-refractivity contribution in [1.82, 2.24) is 4.72 Å². The number of alkyl halides is 1. The van der Waals surface area contributed by atoms with Crippen molar-refractivity contribution in [1.29, 1.82) is 0 Å². The Morgan fingerprint density at radius 2 is 2.33 bits per heavy atom. The number of halogens is 1. The van der Waals surface area contributed by atoms with Crippen LogP contribution in [0.3, 0.4) is 0 Å². The van der Waals surface area contributed by atoms with E-state index in [-0.39, 0.29) is 12.1 Å². The van der Waals surface area contributed by atoms with Crippen LogP contribution in [0.1, 0.15) is 6.42 Å². The highest BCUT2D eigenvalue weighted by Crippen LogP contribution is 2.16. The van der Waals surface area contributed by atoms with E-state index in [0.717, 1.165) is 10.8 Å². The van der Waals surface area contributed by atoms with E-state index in [9.17, 15) is 8.42 Å². The molecule has 0 saturated carbocycles. The smallest absolute Gasteiger partial charge is 0.209 e. The molecule has 1 rings (SSSR count). The highest BCUT2D eigenvalue weighted by atomic mass is 127. The Morgan fingerprint density at radius 3 is 2.83 bits per heavy atom. The van der Waals surface area contributed by atoms with Gasteiger partial charge >= 0.3 is 0 Å². The van der Waals surface area contributed by atoms with Gasteiger partial charge in [-0.3, -0.25) is 0 Å². The minimum atomic E-state index is -3.08. The second-order valence-corrected chi connectivity index (χ2v) is 5.51. The molecule has 72 valence electrons. The van der Waals surface area contributed by atoms with Crippen molar-refractivity contribution in [3.63, 3.8) is 0 Å². The largest absolute Gasteiger partial charge is 0.376 e. The molecule has 1 fully saturated rings. The van der Waals surface area contributed by atoms with Gasteiger partial charge in [0.15, 0.2) is 0 Å². The minimum Gasteiger partial charge on any atom is -0.376 e. The van der Waals surface area contributed by atoms with Crippen LogP contribution in [0.2, 0.25) is 0 Å². The van der Waals surface area contributed by atoms with Gasteiger partial charge in [-0.25, -0.2) is 13.1 Å². The maximum absolute atomic E-state index is 10.9. The first-order chi connectivity index (χ1) is 5.53. The average molecular weight is 305 g/mol. The molecule has 0 aromatic carbocycles. The van der Waals surface area contributed by atoms with Crippen LogP contribution < -0.4 is 4.72 Å². The number of sulfonamides is 1. The lowest BCUT2D eigenvalue weighted by Crippen LogP contribution is -2.40. The predicted molar refractivity (Wildman–Crippen MR) is 55.0 cm³/mol. The lowest BCUT2D eigenvalue weighted by atomic mass is 10.2. The lowest BCUT2D eigenvalue weighted by Gasteiger charge is -2.15. The van der Waals surface area contributed by atoms with Gasteiger partial charge in [0.1, 0.15) is 0 Å². The van der Waals surface area contributed by atoms with Crippen LogP contribution in [0, 0.1) is 0 Å². The maximum atomic E-state index is 10.9. The van der Waals surface area contributed by atoms with E-state index < -0.39 is 10.0 Å². The summed E-state index contributed by atoms with van der Waals surface area (Å²) in [7, 11) is -3.08. The van der Waals surface area contributed by atoms with Gasteiger partial charge in [0.2, 0.25) is 10.0 Å². The zero-order valence-electron chi connectivity index (χ0n) is 6.79. The van der Waals surface area contributed by atoms with Crippen LogP contribution in [0.15, 0.2) is 0 Å². The van der Waals surface area contributed by atoms with Crippen LogP contribution in [-0.2, 0) is 14.8 Å². The van der Waals surface area contributed by atoms with Gasteiger partial charge < -0.3 is 4.74 Å². The van der Waals surface area contributed by atoms with Crippen LogP contribution in [0.4, 0.5) is 0 Å². The molecule has 0 spiro atoms. The number of hydrogen-bond donors (Lipinski definition) is 1. The van der Waals surface area contributed by atoms with Gasteiger partial charge in [-0.1, -0.05) is 22.6 Å². The van der Waals surface area contributed by atoms with Crippen molar-refractivity contribution in [2.45, 2.75) is 18.6 Å². The lowest BCUT2D eigenvalue weighted by molar-refractivity contribution is 0.122. The summed E-state index contributed by atoms with van der Waals surface area (Å²) in [4.78, 5) is 0. The monoisotopic (exact) mass is 305 g/mol. The Hall–Kier alpha value is 0.600. The Bertz CT molecular complexity index is 241. The summed E-state index contributed by atoms with van der Waals surface area (Å²) >= 11 is 2.20. The summed E-state index contributed by atoms with van der Waals surface area (Å²) < 4.78 is 30.5. The summed E-state index contributed by atoms with van der Waals surface area (Å²) in [5, 5.41) is 0. The highest BCUT2D eigenvalue weighted by molar-refractivity contribution is 14.1. The molecule has 0 bridgehead atoms. The molecule has 2 atom stereocenters. The van der Waals surface area contributed by atoms with Crippen LogP contribution in [-0.4, -0.2) is 37.9 Å². The summed E-state index contributed by atoms with van der Waals surface area (Å²) in [6.45, 7) is 0.654. The van der Waals surface area contributed by atoms with Crippen molar-refractivity contribution in [2.24, 2.45) is 0 Å². The molecule has 1 aliphatic rings. The third-order valence-electron chi connectivity index (χ3n) is 1.73. The zero-order valence-corrected chi connectivity index (χ0v) is 9.76. The molecule has 0 aliphatic carbocycles. The quantitative estimate of drug-likeness (QED) is 0.595. The Morgan fingerprint density at radius 1 is 1.67 bits per heavy atom. The molecule has 0 unspecified atom stereocenters. The fourth-order valence-electron chi connectivity index (χ4n) is 1.21. The summed E-state index contributed by atoms with van der Waals surface area (Å²) in [6.07, 6.45) is 2.00. The molecular weight excluding hydrogens is 293 g/mol. The molecule has 6 heteroatoms. The summed E-state index contributed by atoms with van der Waals surface area (Å²) in [6, 6.07) is -0.0306. The molecule has 4 nitrogen and oxygen atoms in total. The number of hydrogen-bond acceptors (Lipinski definition) is 3. The fourth-order valence-corrected chi connectivity index (χ4v) is 2.90. The predicted octanol–water partition coefficient (Wildman–Crippen LogP) is 0.128. The molecule has 12 heavy (non-hydrogen) atoms. The van der Waals surface area contributed by atoms with E-state index in [1.165, 1.54) is 6.26 Å². The second kappa shape index (κ2) is 4.21. The molecule has 1 N–H and O–H groups in total. The first-order valence-electron chi connectivity index (χ1n) is 3.68. The molecule has 1 heterocycles. The van der Waals surface area contributed by atoms with Gasteiger partial charge in [0.05, 0.1) is 18.4 Å². The summed E-state index contributed by atoms with van der Waals surface area (Å²) in [5.74, 6) is 0. The van der Waals surface area contributed by atoms with Gasteiger partial charge in [0.25, 0.3) is 0 Å². The summed E-state index contributed by atoms with van der Waals surface area (Å²) in [5.41, 5.74) is 0. The molecule has 0 aromatic heterocycles. The molecule has 0 aromatic rings. The van der Waals surface area contributed by atoms with Crippen molar-refractivity contribution in [3.05, 3.63) is 0 Å². The SMILES string of the molecule is CS(=O)(=O)N[C@@H]1CCO[C@H]1CI. The van der Waals surface area contributed by atoms with E-state index in [2.05, 4.69) is 27.3 Å². The molecule has 1 aliphatic heterocycles. The van der Waals surface area contributed by atoms with Crippen LogP contribution >= 0.6 is 22.6 Å². The fraction of sp³-hybridized carbons (Fsp3) is 1.00. The third-order valence-corrected chi connectivity index (χ3v) is 3.33. The van der Waals surface area contributed by atoms with Gasteiger partial charge in [0, 0.05) is 11.0 Å². The van der Waals surface area contributed by atoms with E-state index >= 15 is 0 Å². The van der Waals surface area contributed by atoms with E-state index in [1.807, 2.05) is 0 Å². The second-order valence-electron chi connectivity index (χ2n) is 2.85. The van der Waals surface area contributed by atoms with E-state index in [1.54, 1.807) is 0 Å². The van der Waals surface area contributed by atoms with Crippen molar-refractivity contribution in [2.75, 3.05) is 17.3 Å². The standard InChI is InChI=1S/C6H12INO3S/c1-12(9,10)8-5-2-3-11-6(5)4-7/h5-6,8H,2-4H2,1H3/t5-,6+/m1/s1. The van der Waals surface area contributed by atoms with Crippen molar-refractivity contribution >= 4 is 32.6 Å². The van der Waals surface area contributed by atoms with Gasteiger partial charge in [-0.15, -0.1) is 0 Å². The number of ether oxygens (including phenoxy) is 1. The normalized spacial score (nSPS) is 30.8. The van der Waals surface area contributed by atoms with E-state index in [4.69, 9.17) is 4.74 Å². The maximum Gasteiger partial charge on any atom is 0.209 e. The molecule has 0 amide bonds. The van der Waals surface area contributed by atoms with Crippen LogP contribution in [0.25, 0.3) is 0 Å². The Labute approximate surface area is 86.2 Å². The first kappa shape index (κ1) is 10.7. The van der Waals surface area contributed by atoms with Crippen LogP contribution in [0.5, 0.6) is 0 Å². The molecular formula is C6H12INO3S. The number of rotatable bonds is 3. The van der Waals surface area contributed by atoms with Crippen molar-refractivity contribution in [3.8, 4) is 0 Å². The minimum absolute atomic E-state index is 0.0306. The zero-order chi connectivity index (χ0) is 9.19. The topological polar surface area (TPSA) is 55.4 Å². The van der Waals surface area contributed by atoms with Gasteiger partial charge in [-0.05, 0) is 6.42 Å². The average Bonchev–Trinajstić information content (AvgIpc) is 2.31. The first-order valence-corrected chi connectivity index (χ1v) is 7.09. The van der Waals surface area contributed by atoms with Crippen molar-refractivity contribution < 1.29 is 13.2 Å². The molecule has 1 saturated heterocycles. The van der Waals surface area contributed by atoms with Gasteiger partial charge in [-0.2, -0.15) is 0 Å². The molecule has 0 radical (unpaired) electrons. The Kier molecular flexibility index (Phi) is 3.74. The highest BCUT2D eigenvalue weighted by Gasteiger charge is 2.29. The Balaban J connectivity index is 2.52. The van der Waals surface area contributed by atoms with E-state index in [0.29, 0.717) is 6.61 Å².